The molecular formula is C70H125NO10. The Bertz CT molecular complexity index is 1590. The van der Waals surface area contributed by atoms with Crippen molar-refractivity contribution < 1.29 is 49.3 Å². The van der Waals surface area contributed by atoms with Gasteiger partial charge in [0.15, 0.2) is 12.4 Å². The van der Waals surface area contributed by atoms with Gasteiger partial charge in [0.1, 0.15) is 24.4 Å². The number of amides is 1. The van der Waals surface area contributed by atoms with E-state index in [2.05, 4.69) is 86.8 Å². The molecule has 470 valence electrons. The predicted octanol–water partition coefficient (Wildman–Crippen LogP) is 16.7. The number of nitrogens with one attached hydrogen (secondary N) is 1. The van der Waals surface area contributed by atoms with E-state index >= 15 is 0 Å². The van der Waals surface area contributed by atoms with Gasteiger partial charge in [-0.3, -0.25) is 9.59 Å². The third-order valence-corrected chi connectivity index (χ3v) is 15.6. The first-order chi connectivity index (χ1) is 39.7. The molecular weight excluding hydrogens is 1010 g/mol. The predicted molar refractivity (Wildman–Crippen MR) is 338 cm³/mol. The van der Waals surface area contributed by atoms with Crippen LogP contribution in [0.5, 0.6) is 0 Å². The van der Waals surface area contributed by atoms with Crippen LogP contribution in [0.4, 0.5) is 0 Å². The fourth-order valence-electron chi connectivity index (χ4n) is 10.3. The van der Waals surface area contributed by atoms with Crippen molar-refractivity contribution in [3.05, 3.63) is 72.9 Å². The van der Waals surface area contributed by atoms with Crippen LogP contribution in [-0.2, 0) is 23.8 Å². The molecule has 0 aromatic heterocycles. The number of esters is 1. The summed E-state index contributed by atoms with van der Waals surface area (Å²) in [7, 11) is 0. The molecule has 11 nitrogen and oxygen atoms in total. The van der Waals surface area contributed by atoms with Crippen LogP contribution in [0.3, 0.4) is 0 Å². The second-order valence-electron chi connectivity index (χ2n) is 23.2. The highest BCUT2D eigenvalue weighted by Crippen LogP contribution is 2.26. The van der Waals surface area contributed by atoms with E-state index in [1.807, 2.05) is 6.08 Å². The van der Waals surface area contributed by atoms with Crippen LogP contribution in [0.2, 0.25) is 0 Å². The minimum Gasteiger partial charge on any atom is -0.454 e. The van der Waals surface area contributed by atoms with Crippen molar-refractivity contribution in [1.29, 1.82) is 0 Å². The molecule has 0 spiro atoms. The van der Waals surface area contributed by atoms with E-state index in [1.165, 1.54) is 135 Å². The lowest BCUT2D eigenvalue weighted by atomic mass is 9.99. The Morgan fingerprint density at radius 3 is 1.33 bits per heavy atom. The molecule has 1 aliphatic heterocycles. The summed E-state index contributed by atoms with van der Waals surface area (Å²) in [6, 6.07) is -1.03. The average molecular weight is 1140 g/mol. The maximum atomic E-state index is 13.5. The Labute approximate surface area is 496 Å². The van der Waals surface area contributed by atoms with E-state index in [-0.39, 0.29) is 13.0 Å². The SMILES string of the molecule is CC/C=C\C/C=C\C/C=C\C/C=C\C/C=C\CCCCCCCCCC(=O)OC1C(OCC(NC(=O)C(O)CCCCCCCCCCCCCCCCCC)C(O)/C=C/CCCCCCCCCCCCC)OC(CO)C(O)C1O. The number of aliphatic hydroxyl groups excluding tert-OH is 5. The number of ether oxygens (including phenoxy) is 3. The first-order valence-corrected chi connectivity index (χ1v) is 33.7. The summed E-state index contributed by atoms with van der Waals surface area (Å²) < 4.78 is 17.7. The fourth-order valence-corrected chi connectivity index (χ4v) is 10.3. The molecule has 8 unspecified atom stereocenters. The summed E-state index contributed by atoms with van der Waals surface area (Å²) in [6.07, 6.45) is 63.6. The number of hydrogen-bond acceptors (Lipinski definition) is 10. The Morgan fingerprint density at radius 1 is 0.494 bits per heavy atom. The van der Waals surface area contributed by atoms with Gasteiger partial charge in [0.2, 0.25) is 5.91 Å². The summed E-state index contributed by atoms with van der Waals surface area (Å²) in [5, 5.41) is 57.2. The van der Waals surface area contributed by atoms with Crippen LogP contribution in [-0.4, -0.2) is 99.6 Å². The van der Waals surface area contributed by atoms with Gasteiger partial charge in [0, 0.05) is 6.42 Å². The van der Waals surface area contributed by atoms with Gasteiger partial charge in [-0.25, -0.2) is 0 Å². The van der Waals surface area contributed by atoms with Gasteiger partial charge in [-0.05, 0) is 70.6 Å². The van der Waals surface area contributed by atoms with Crippen molar-refractivity contribution >= 4 is 11.9 Å². The quantitative estimate of drug-likeness (QED) is 0.0195. The summed E-state index contributed by atoms with van der Waals surface area (Å²) in [5.74, 6) is -1.20. The van der Waals surface area contributed by atoms with Crippen LogP contribution in [0.1, 0.15) is 297 Å². The molecule has 0 aromatic carbocycles. The van der Waals surface area contributed by atoms with Crippen LogP contribution in [0.15, 0.2) is 72.9 Å². The molecule has 0 aliphatic carbocycles. The molecule has 6 N–H and O–H groups in total. The maximum absolute atomic E-state index is 13.5. The molecule has 81 heavy (non-hydrogen) atoms. The Balaban J connectivity index is 2.63. The number of allylic oxidation sites excluding steroid dienone is 11. The number of carbonyl (C=O) groups is 2. The normalized spacial score (nSPS) is 19.1. The van der Waals surface area contributed by atoms with Gasteiger partial charge in [-0.15, -0.1) is 0 Å². The molecule has 1 amide bonds. The molecule has 0 saturated carbocycles. The lowest BCUT2D eigenvalue weighted by molar-refractivity contribution is -0.305. The molecule has 1 fully saturated rings. The van der Waals surface area contributed by atoms with Gasteiger partial charge in [-0.1, -0.05) is 293 Å². The lowest BCUT2D eigenvalue weighted by Crippen LogP contribution is -2.61. The second-order valence-corrected chi connectivity index (χ2v) is 23.2. The van der Waals surface area contributed by atoms with Crippen molar-refractivity contribution in [2.75, 3.05) is 13.2 Å². The van der Waals surface area contributed by atoms with Gasteiger partial charge in [-0.2, -0.15) is 0 Å². The molecule has 1 aliphatic rings. The van der Waals surface area contributed by atoms with Crippen LogP contribution in [0.25, 0.3) is 0 Å². The van der Waals surface area contributed by atoms with E-state index < -0.39 is 67.4 Å². The number of hydrogen-bond donors (Lipinski definition) is 6. The van der Waals surface area contributed by atoms with E-state index in [9.17, 15) is 35.1 Å². The first-order valence-electron chi connectivity index (χ1n) is 33.7. The topological polar surface area (TPSA) is 175 Å². The summed E-state index contributed by atoms with van der Waals surface area (Å²) in [6.45, 7) is 5.70. The highest BCUT2D eigenvalue weighted by atomic mass is 16.7. The van der Waals surface area contributed by atoms with E-state index in [4.69, 9.17) is 14.2 Å². The monoisotopic (exact) mass is 1140 g/mol. The minimum absolute atomic E-state index is 0.109. The van der Waals surface area contributed by atoms with E-state index in [1.54, 1.807) is 6.08 Å². The first kappa shape index (κ1) is 76.1. The zero-order valence-corrected chi connectivity index (χ0v) is 52.1. The Kier molecular flexibility index (Phi) is 54.1. The summed E-state index contributed by atoms with van der Waals surface area (Å²) in [5.41, 5.74) is 0. The zero-order valence-electron chi connectivity index (χ0n) is 52.1. The smallest absolute Gasteiger partial charge is 0.306 e. The van der Waals surface area contributed by atoms with Crippen molar-refractivity contribution in [1.82, 2.24) is 5.32 Å². The van der Waals surface area contributed by atoms with E-state index in [0.29, 0.717) is 19.3 Å². The van der Waals surface area contributed by atoms with Crippen molar-refractivity contribution in [3.63, 3.8) is 0 Å². The van der Waals surface area contributed by atoms with Crippen LogP contribution >= 0.6 is 0 Å². The standard InChI is InChI=1S/C70H125NO10/c1-4-7-10-13-16-19-22-25-27-29-30-31-32-33-34-35-37-40-43-46-49-52-55-58-65(75)81-68-67(77)66(76)64(59-72)80-70(68)79-60-61(62(73)56-53-50-47-44-41-38-24-21-18-15-12-9-6-3)71-69(78)63(74)57-54-51-48-45-42-39-36-28-26-23-20-17-14-11-8-5-2/h7,10,16,19,25,27,30-31,33-34,53,56,61-64,66-68,70,72-74,76-77H,4-6,8-9,11-15,17-18,20-24,26,28-29,32,35-52,54-55,57-60H2,1-3H3,(H,71,78)/b10-7-,19-16-,27-25-,31-30-,34-33-,56-53+. The molecule has 8 atom stereocenters. The van der Waals surface area contributed by atoms with Crippen molar-refractivity contribution in [2.45, 2.75) is 346 Å². The molecule has 1 heterocycles. The number of carbonyl (C=O) groups excluding carboxylic acids is 2. The Morgan fingerprint density at radius 2 is 0.889 bits per heavy atom. The van der Waals surface area contributed by atoms with Crippen molar-refractivity contribution in [3.8, 4) is 0 Å². The lowest BCUT2D eigenvalue weighted by Gasteiger charge is -2.41. The second kappa shape index (κ2) is 57.5. The highest BCUT2D eigenvalue weighted by Gasteiger charge is 2.47. The summed E-state index contributed by atoms with van der Waals surface area (Å²) >= 11 is 0. The minimum atomic E-state index is -1.62. The van der Waals surface area contributed by atoms with Crippen LogP contribution in [0, 0.1) is 0 Å². The molecule has 11 heteroatoms. The average Bonchev–Trinajstić information content (AvgIpc) is 3.53. The summed E-state index contributed by atoms with van der Waals surface area (Å²) in [4.78, 5) is 26.6. The number of rotatable bonds is 57. The third-order valence-electron chi connectivity index (χ3n) is 15.6. The largest absolute Gasteiger partial charge is 0.454 e. The molecule has 1 saturated heterocycles. The highest BCUT2D eigenvalue weighted by molar-refractivity contribution is 5.80. The van der Waals surface area contributed by atoms with E-state index in [0.717, 1.165) is 116 Å². The third kappa shape index (κ3) is 45.2. The Hall–Kier alpha value is -2.90. The van der Waals surface area contributed by atoms with Crippen LogP contribution < -0.4 is 5.32 Å². The number of aliphatic hydroxyl groups is 5. The molecule has 0 bridgehead atoms. The molecule has 1 rings (SSSR count). The molecule has 0 aromatic rings. The zero-order chi connectivity index (χ0) is 58.9. The fraction of sp³-hybridized carbons (Fsp3) is 0.800. The van der Waals surface area contributed by atoms with Crippen molar-refractivity contribution in [2.24, 2.45) is 0 Å². The van der Waals surface area contributed by atoms with Gasteiger partial charge in [0.05, 0.1) is 25.4 Å². The maximum Gasteiger partial charge on any atom is 0.306 e. The van der Waals surface area contributed by atoms with Gasteiger partial charge < -0.3 is 45.1 Å². The van der Waals surface area contributed by atoms with Gasteiger partial charge >= 0.3 is 5.97 Å². The van der Waals surface area contributed by atoms with Gasteiger partial charge in [0.25, 0.3) is 0 Å². The number of unbranched alkanes of at least 4 members (excludes halogenated alkanes) is 33. The molecule has 0 radical (unpaired) electrons.